The van der Waals surface area contributed by atoms with Gasteiger partial charge in [0.15, 0.2) is 0 Å². The van der Waals surface area contributed by atoms with Crippen LogP contribution >= 0.6 is 0 Å². The van der Waals surface area contributed by atoms with Crippen molar-refractivity contribution < 1.29 is 17.9 Å². The first-order chi connectivity index (χ1) is 13.9. The number of hydrogen-bond acceptors (Lipinski definition) is 4. The van der Waals surface area contributed by atoms with Crippen LogP contribution in [-0.4, -0.2) is 38.8 Å². The topological polar surface area (TPSA) is 75.7 Å². The predicted octanol–water partition coefficient (Wildman–Crippen LogP) is 3.11. The van der Waals surface area contributed by atoms with Crippen molar-refractivity contribution in [2.75, 3.05) is 20.2 Å². The van der Waals surface area contributed by atoms with Gasteiger partial charge in [-0.1, -0.05) is 48.5 Å². The highest BCUT2D eigenvalue weighted by Gasteiger charge is 2.31. The number of sulfonamides is 1. The highest BCUT2D eigenvalue weighted by atomic mass is 32.2. The number of benzene rings is 2. The second kappa shape index (κ2) is 9.41. The van der Waals surface area contributed by atoms with Gasteiger partial charge in [-0.2, -0.15) is 0 Å². The summed E-state index contributed by atoms with van der Waals surface area (Å²) in [5.41, 5.74) is 1.70. The Hall–Kier alpha value is -2.38. The van der Waals surface area contributed by atoms with E-state index in [1.54, 1.807) is 7.11 Å². The monoisotopic (exact) mass is 416 g/mol. The zero-order valence-electron chi connectivity index (χ0n) is 16.9. The Balaban J connectivity index is 1.55. The molecule has 6 nitrogen and oxygen atoms in total. The van der Waals surface area contributed by atoms with E-state index in [2.05, 4.69) is 5.32 Å². The van der Waals surface area contributed by atoms with Crippen molar-refractivity contribution in [1.82, 2.24) is 9.62 Å². The fourth-order valence-corrected chi connectivity index (χ4v) is 5.27. The third kappa shape index (κ3) is 5.36. The third-order valence-electron chi connectivity index (χ3n) is 5.37. The van der Waals surface area contributed by atoms with Crippen molar-refractivity contribution in [2.24, 2.45) is 5.92 Å². The average molecular weight is 417 g/mol. The molecule has 0 aromatic heterocycles. The molecule has 2 aromatic rings. The molecular weight excluding hydrogens is 388 g/mol. The fraction of sp³-hybridized carbons (Fsp3) is 0.409. The normalized spacial score (nSPS) is 16.9. The Morgan fingerprint density at radius 1 is 1.10 bits per heavy atom. The summed E-state index contributed by atoms with van der Waals surface area (Å²) >= 11 is 0. The average Bonchev–Trinajstić information content (AvgIpc) is 2.74. The molecule has 1 N–H and O–H groups in total. The number of carbonyl (C=O) groups excluding carboxylic acids is 1. The Kier molecular flexibility index (Phi) is 6.92. The highest BCUT2D eigenvalue weighted by Crippen LogP contribution is 2.26. The minimum atomic E-state index is -3.38. The van der Waals surface area contributed by atoms with E-state index in [1.807, 2.05) is 61.5 Å². The number of methoxy groups -OCH3 is 1. The van der Waals surface area contributed by atoms with Crippen LogP contribution in [-0.2, 0) is 20.6 Å². The molecule has 0 bridgehead atoms. The molecule has 0 unspecified atom stereocenters. The Morgan fingerprint density at radius 3 is 2.38 bits per heavy atom. The van der Waals surface area contributed by atoms with E-state index in [-0.39, 0.29) is 23.6 Å². The first-order valence-corrected chi connectivity index (χ1v) is 11.5. The summed E-state index contributed by atoms with van der Waals surface area (Å²) in [6.45, 7) is 2.67. The molecule has 0 radical (unpaired) electrons. The van der Waals surface area contributed by atoms with E-state index in [4.69, 9.17) is 4.74 Å². The van der Waals surface area contributed by atoms with Crippen LogP contribution in [0.5, 0.6) is 5.75 Å². The summed E-state index contributed by atoms with van der Waals surface area (Å²) in [6.07, 6.45) is 1.05. The van der Waals surface area contributed by atoms with Crippen molar-refractivity contribution in [3.63, 3.8) is 0 Å². The van der Waals surface area contributed by atoms with Gasteiger partial charge in [0.25, 0.3) is 0 Å². The standard InChI is InChI=1S/C22H28N2O4S/c1-17(20-10-6-7-11-21(20)28-2)23-22(25)19-12-14-24(15-13-19)29(26,27)16-18-8-4-3-5-9-18/h3-11,17,19H,12-16H2,1-2H3,(H,23,25)/t17-/m1/s1. The van der Waals surface area contributed by atoms with E-state index in [0.717, 1.165) is 16.9 Å². The minimum absolute atomic E-state index is 0.00443. The van der Waals surface area contributed by atoms with Crippen LogP contribution in [0.25, 0.3) is 0 Å². The number of hydrogen-bond donors (Lipinski definition) is 1. The van der Waals surface area contributed by atoms with Crippen molar-refractivity contribution >= 4 is 15.9 Å². The first-order valence-electron chi connectivity index (χ1n) is 9.85. The first kappa shape index (κ1) is 21.3. The highest BCUT2D eigenvalue weighted by molar-refractivity contribution is 7.88. The molecule has 1 heterocycles. The maximum Gasteiger partial charge on any atom is 0.223 e. The number of carbonyl (C=O) groups is 1. The van der Waals surface area contributed by atoms with Crippen LogP contribution in [0.3, 0.4) is 0 Å². The lowest BCUT2D eigenvalue weighted by molar-refractivity contribution is -0.126. The quantitative estimate of drug-likeness (QED) is 0.753. The molecule has 1 fully saturated rings. The molecule has 2 aromatic carbocycles. The van der Waals surface area contributed by atoms with Gasteiger partial charge < -0.3 is 10.1 Å². The number of nitrogens with one attached hydrogen (secondary N) is 1. The fourth-order valence-electron chi connectivity index (χ4n) is 3.71. The summed E-state index contributed by atoms with van der Waals surface area (Å²) in [5, 5.41) is 3.05. The summed E-state index contributed by atoms with van der Waals surface area (Å²) in [7, 11) is -1.77. The molecule has 0 aliphatic carbocycles. The summed E-state index contributed by atoms with van der Waals surface area (Å²) in [6, 6.07) is 16.6. The second-order valence-corrected chi connectivity index (χ2v) is 9.36. The van der Waals surface area contributed by atoms with Gasteiger partial charge in [-0.15, -0.1) is 0 Å². The predicted molar refractivity (Wildman–Crippen MR) is 113 cm³/mol. The van der Waals surface area contributed by atoms with Crippen molar-refractivity contribution in [2.45, 2.75) is 31.6 Å². The van der Waals surface area contributed by atoms with Crippen LogP contribution in [0, 0.1) is 5.92 Å². The van der Waals surface area contributed by atoms with Gasteiger partial charge in [0.2, 0.25) is 15.9 Å². The third-order valence-corrected chi connectivity index (χ3v) is 7.22. The van der Waals surface area contributed by atoms with Crippen LogP contribution in [0.4, 0.5) is 0 Å². The zero-order chi connectivity index (χ0) is 20.9. The van der Waals surface area contributed by atoms with E-state index < -0.39 is 10.0 Å². The molecule has 1 atom stereocenters. The summed E-state index contributed by atoms with van der Waals surface area (Å²) < 4.78 is 32.2. The van der Waals surface area contributed by atoms with Crippen LogP contribution in [0.1, 0.15) is 36.9 Å². The molecule has 7 heteroatoms. The smallest absolute Gasteiger partial charge is 0.223 e. The van der Waals surface area contributed by atoms with Gasteiger partial charge in [-0.05, 0) is 31.4 Å². The minimum Gasteiger partial charge on any atom is -0.496 e. The van der Waals surface area contributed by atoms with Gasteiger partial charge in [-0.3, -0.25) is 4.79 Å². The number of rotatable bonds is 7. The molecule has 1 amide bonds. The molecule has 0 saturated carbocycles. The maximum atomic E-state index is 12.7. The second-order valence-electron chi connectivity index (χ2n) is 7.39. The zero-order valence-corrected chi connectivity index (χ0v) is 17.7. The van der Waals surface area contributed by atoms with Gasteiger partial charge in [0.1, 0.15) is 5.75 Å². The molecule has 3 rings (SSSR count). The van der Waals surface area contributed by atoms with Crippen LogP contribution in [0.15, 0.2) is 54.6 Å². The van der Waals surface area contributed by atoms with Gasteiger partial charge >= 0.3 is 0 Å². The Bertz CT molecular complexity index is 923. The maximum absolute atomic E-state index is 12.7. The number of para-hydroxylation sites is 1. The number of amides is 1. The summed E-state index contributed by atoms with van der Waals surface area (Å²) in [4.78, 5) is 12.7. The van der Waals surface area contributed by atoms with Gasteiger partial charge in [-0.25, -0.2) is 12.7 Å². The number of piperidine rings is 1. The number of ether oxygens (including phenoxy) is 1. The van der Waals surface area contributed by atoms with Crippen LogP contribution < -0.4 is 10.1 Å². The SMILES string of the molecule is COc1ccccc1[C@@H](C)NC(=O)C1CCN(S(=O)(=O)Cc2ccccc2)CC1. The van der Waals surface area contributed by atoms with Crippen molar-refractivity contribution in [3.8, 4) is 5.75 Å². The van der Waals surface area contributed by atoms with Crippen molar-refractivity contribution in [1.29, 1.82) is 0 Å². The molecule has 1 aliphatic heterocycles. The largest absolute Gasteiger partial charge is 0.496 e. The molecular formula is C22H28N2O4S. The lowest BCUT2D eigenvalue weighted by atomic mass is 9.96. The molecule has 1 saturated heterocycles. The Morgan fingerprint density at radius 2 is 1.72 bits per heavy atom. The van der Waals surface area contributed by atoms with Gasteiger partial charge in [0.05, 0.1) is 18.9 Å². The van der Waals surface area contributed by atoms with Crippen LogP contribution in [0.2, 0.25) is 0 Å². The Labute approximate surface area is 172 Å². The van der Waals surface area contributed by atoms with E-state index >= 15 is 0 Å². The lowest BCUT2D eigenvalue weighted by Crippen LogP contribution is -2.43. The number of nitrogens with zero attached hydrogens (tertiary/aromatic N) is 1. The molecule has 29 heavy (non-hydrogen) atoms. The molecule has 0 spiro atoms. The van der Waals surface area contributed by atoms with Gasteiger partial charge in [0, 0.05) is 24.6 Å². The summed E-state index contributed by atoms with van der Waals surface area (Å²) in [5.74, 6) is 0.510. The van der Waals surface area contributed by atoms with E-state index in [1.165, 1.54) is 4.31 Å². The van der Waals surface area contributed by atoms with E-state index in [0.29, 0.717) is 25.9 Å². The lowest BCUT2D eigenvalue weighted by Gasteiger charge is -2.31. The molecule has 156 valence electrons. The molecule has 1 aliphatic rings. The van der Waals surface area contributed by atoms with Crippen molar-refractivity contribution in [3.05, 3.63) is 65.7 Å². The van der Waals surface area contributed by atoms with E-state index in [9.17, 15) is 13.2 Å².